The normalized spacial score (nSPS) is 21.8. The van der Waals surface area contributed by atoms with Gasteiger partial charge in [0.05, 0.1) is 23.8 Å². The number of nitrogens with zero attached hydrogens (tertiary/aromatic N) is 3. The topological polar surface area (TPSA) is 59.4 Å². The minimum Gasteiger partial charge on any atom is -0.384 e. The lowest BCUT2D eigenvalue weighted by molar-refractivity contribution is -0.148. The van der Waals surface area contributed by atoms with Crippen molar-refractivity contribution >= 4 is 30.7 Å². The van der Waals surface area contributed by atoms with Gasteiger partial charge in [0.15, 0.2) is 0 Å². The van der Waals surface area contributed by atoms with Gasteiger partial charge in [0.1, 0.15) is 0 Å². The lowest BCUT2D eigenvalue weighted by Gasteiger charge is -2.40. The number of ether oxygens (including phenoxy) is 1. The summed E-state index contributed by atoms with van der Waals surface area (Å²) in [5, 5.41) is 7.93. The molecule has 2 saturated heterocycles. The summed E-state index contributed by atoms with van der Waals surface area (Å²) >= 11 is 0. The van der Waals surface area contributed by atoms with E-state index in [1.54, 1.807) is 7.11 Å². The van der Waals surface area contributed by atoms with Crippen molar-refractivity contribution in [1.82, 2.24) is 20.0 Å². The molecule has 0 spiro atoms. The van der Waals surface area contributed by atoms with Crippen molar-refractivity contribution in [3.8, 4) is 0 Å². The highest BCUT2D eigenvalue weighted by atomic mass is 35.5. The first-order chi connectivity index (χ1) is 11.5. The van der Waals surface area contributed by atoms with Gasteiger partial charge in [0.25, 0.3) is 0 Å². The van der Waals surface area contributed by atoms with Gasteiger partial charge >= 0.3 is 0 Å². The zero-order valence-corrected chi connectivity index (χ0v) is 17.8. The van der Waals surface area contributed by atoms with E-state index in [1.807, 2.05) is 11.7 Å². The van der Waals surface area contributed by atoms with Crippen molar-refractivity contribution in [2.24, 2.45) is 12.5 Å². The molecule has 1 unspecified atom stereocenters. The summed E-state index contributed by atoms with van der Waals surface area (Å²) in [5.41, 5.74) is 3.09. The molecule has 0 radical (unpaired) electrons. The van der Waals surface area contributed by atoms with Crippen LogP contribution in [0.25, 0.3) is 0 Å². The van der Waals surface area contributed by atoms with Crippen LogP contribution < -0.4 is 5.32 Å². The maximum atomic E-state index is 13.5. The second-order valence-corrected chi connectivity index (χ2v) is 7.33. The van der Waals surface area contributed by atoms with Crippen LogP contribution in [0.2, 0.25) is 0 Å². The molecule has 1 atom stereocenters. The summed E-state index contributed by atoms with van der Waals surface area (Å²) in [6.07, 6.45) is 3.80. The average molecular weight is 407 g/mol. The maximum Gasteiger partial charge on any atom is 0.231 e. The van der Waals surface area contributed by atoms with E-state index in [9.17, 15) is 4.79 Å². The smallest absolute Gasteiger partial charge is 0.231 e. The fourth-order valence-corrected chi connectivity index (χ4v) is 4.49. The minimum atomic E-state index is -0.368. The number of amides is 1. The summed E-state index contributed by atoms with van der Waals surface area (Å²) in [7, 11) is 3.68. The number of methoxy groups -OCH3 is 1. The number of carbonyl (C=O) groups excluding carboxylic acids is 1. The standard InChI is InChI=1S/C18H30N4O2.2ClH/c1-13-16(14(2)21(3)20-13)15-6-5-11-22(15)17(23)18(12-24-4)7-9-19-10-8-18;;/h15,19H,5-12H2,1-4H3;2*1H. The van der Waals surface area contributed by atoms with E-state index in [0.717, 1.165) is 51.0 Å². The van der Waals surface area contributed by atoms with Gasteiger partial charge in [0.2, 0.25) is 5.91 Å². The SMILES string of the molecule is COCC1(C(=O)N2CCCC2c2c(C)nn(C)c2C)CCNCC1.Cl.Cl. The third-order valence-electron chi connectivity index (χ3n) is 5.85. The molecular weight excluding hydrogens is 375 g/mol. The highest BCUT2D eigenvalue weighted by Gasteiger charge is 2.46. The van der Waals surface area contributed by atoms with Crippen LogP contribution in [0, 0.1) is 19.3 Å². The van der Waals surface area contributed by atoms with E-state index in [-0.39, 0.29) is 42.2 Å². The Labute approximate surface area is 168 Å². The van der Waals surface area contributed by atoms with E-state index >= 15 is 0 Å². The first-order valence-electron chi connectivity index (χ1n) is 9.01. The van der Waals surface area contributed by atoms with Crippen molar-refractivity contribution in [2.75, 3.05) is 33.4 Å². The molecule has 8 heteroatoms. The molecule has 2 aliphatic heterocycles. The number of nitrogens with one attached hydrogen (secondary N) is 1. The van der Waals surface area contributed by atoms with Gasteiger partial charge in [0, 0.05) is 32.0 Å². The Morgan fingerprint density at radius 2 is 1.96 bits per heavy atom. The molecule has 0 bridgehead atoms. The molecule has 1 aromatic rings. The Morgan fingerprint density at radius 3 is 2.50 bits per heavy atom. The molecule has 26 heavy (non-hydrogen) atoms. The van der Waals surface area contributed by atoms with Gasteiger partial charge in [-0.15, -0.1) is 24.8 Å². The highest BCUT2D eigenvalue weighted by molar-refractivity contribution is 5.85. The third-order valence-corrected chi connectivity index (χ3v) is 5.85. The van der Waals surface area contributed by atoms with Crippen LogP contribution in [-0.4, -0.2) is 53.9 Å². The first-order valence-corrected chi connectivity index (χ1v) is 9.01. The molecule has 2 fully saturated rings. The minimum absolute atomic E-state index is 0. The molecule has 1 amide bonds. The number of likely N-dealkylation sites (tertiary alicyclic amines) is 1. The largest absolute Gasteiger partial charge is 0.384 e. The number of hydrogen-bond acceptors (Lipinski definition) is 4. The van der Waals surface area contributed by atoms with E-state index in [1.165, 1.54) is 11.3 Å². The highest BCUT2D eigenvalue weighted by Crippen LogP contribution is 2.40. The van der Waals surface area contributed by atoms with Gasteiger partial charge in [-0.05, 0) is 52.6 Å². The maximum absolute atomic E-state index is 13.5. The predicted molar refractivity (Wildman–Crippen MR) is 107 cm³/mol. The van der Waals surface area contributed by atoms with Gasteiger partial charge < -0.3 is 15.0 Å². The molecular formula is C18H32Cl2N4O2. The van der Waals surface area contributed by atoms with Crippen LogP contribution >= 0.6 is 24.8 Å². The number of aromatic nitrogens is 2. The lowest BCUT2D eigenvalue weighted by atomic mass is 9.78. The predicted octanol–water partition coefficient (Wildman–Crippen LogP) is 2.56. The molecule has 0 aliphatic carbocycles. The van der Waals surface area contributed by atoms with Gasteiger partial charge in [-0.25, -0.2) is 0 Å². The zero-order valence-electron chi connectivity index (χ0n) is 16.2. The second kappa shape index (κ2) is 9.40. The quantitative estimate of drug-likeness (QED) is 0.834. The van der Waals surface area contributed by atoms with Crippen molar-refractivity contribution in [2.45, 2.75) is 45.6 Å². The molecule has 2 aliphatic rings. The van der Waals surface area contributed by atoms with Crippen LogP contribution in [0.4, 0.5) is 0 Å². The summed E-state index contributed by atoms with van der Waals surface area (Å²) in [5.74, 6) is 0.274. The monoisotopic (exact) mass is 406 g/mol. The van der Waals surface area contributed by atoms with Gasteiger partial charge in [-0.3, -0.25) is 9.48 Å². The Hall–Kier alpha value is -0.820. The van der Waals surface area contributed by atoms with Crippen LogP contribution in [0.15, 0.2) is 0 Å². The van der Waals surface area contributed by atoms with Crippen LogP contribution in [0.1, 0.15) is 48.7 Å². The van der Waals surface area contributed by atoms with Crippen LogP contribution in [0.5, 0.6) is 0 Å². The average Bonchev–Trinajstić information content (AvgIpc) is 3.13. The molecule has 1 N–H and O–H groups in total. The number of piperidine rings is 1. The second-order valence-electron chi connectivity index (χ2n) is 7.33. The fraction of sp³-hybridized carbons (Fsp3) is 0.778. The molecule has 3 heterocycles. The van der Waals surface area contributed by atoms with E-state index < -0.39 is 0 Å². The molecule has 0 aromatic carbocycles. The Balaban J connectivity index is 0.00000169. The zero-order chi connectivity index (χ0) is 17.3. The van der Waals surface area contributed by atoms with Gasteiger partial charge in [-0.1, -0.05) is 0 Å². The number of rotatable bonds is 4. The Morgan fingerprint density at radius 1 is 1.31 bits per heavy atom. The van der Waals surface area contributed by atoms with Crippen molar-refractivity contribution in [3.63, 3.8) is 0 Å². The van der Waals surface area contributed by atoms with Crippen LogP contribution in [-0.2, 0) is 16.6 Å². The Bertz CT molecular complexity index is 609. The Kier molecular flexibility index (Phi) is 8.39. The summed E-state index contributed by atoms with van der Waals surface area (Å²) in [6.45, 7) is 7.29. The van der Waals surface area contributed by atoms with E-state index in [4.69, 9.17) is 4.74 Å². The van der Waals surface area contributed by atoms with Crippen LogP contribution in [0.3, 0.4) is 0 Å². The van der Waals surface area contributed by atoms with Crippen molar-refractivity contribution in [1.29, 1.82) is 0 Å². The van der Waals surface area contributed by atoms with E-state index in [0.29, 0.717) is 6.61 Å². The lowest BCUT2D eigenvalue weighted by Crippen LogP contribution is -2.51. The van der Waals surface area contributed by atoms with Crippen molar-refractivity contribution in [3.05, 3.63) is 17.0 Å². The first kappa shape index (κ1) is 23.2. The molecule has 1 aromatic heterocycles. The number of aryl methyl sites for hydroxylation is 2. The van der Waals surface area contributed by atoms with Gasteiger partial charge in [-0.2, -0.15) is 5.10 Å². The van der Waals surface area contributed by atoms with E-state index in [2.05, 4.69) is 29.2 Å². The molecule has 3 rings (SSSR count). The summed E-state index contributed by atoms with van der Waals surface area (Å²) < 4.78 is 7.40. The molecule has 6 nitrogen and oxygen atoms in total. The molecule has 0 saturated carbocycles. The third kappa shape index (κ3) is 4.03. The number of carbonyl (C=O) groups is 1. The number of halogens is 2. The summed E-state index contributed by atoms with van der Waals surface area (Å²) in [4.78, 5) is 15.6. The fourth-order valence-electron chi connectivity index (χ4n) is 4.49. The number of hydrogen-bond donors (Lipinski definition) is 1. The molecule has 150 valence electrons. The van der Waals surface area contributed by atoms with Crippen molar-refractivity contribution < 1.29 is 9.53 Å². The summed E-state index contributed by atoms with van der Waals surface area (Å²) in [6, 6.07) is 0.162.